The second kappa shape index (κ2) is 12.4. The third-order valence-electron chi connectivity index (χ3n) is 11.4. The van der Waals surface area contributed by atoms with Crippen LogP contribution in [0.3, 0.4) is 0 Å². The number of nitrogens with one attached hydrogen (secondary N) is 1. The molecule has 0 radical (unpaired) electrons. The third kappa shape index (κ3) is 4.90. The molecule has 0 fully saturated rings. The molecule has 0 spiro atoms. The van der Waals surface area contributed by atoms with E-state index in [1.54, 1.807) is 0 Å². The van der Waals surface area contributed by atoms with Crippen molar-refractivity contribution in [1.82, 2.24) is 14.5 Å². The van der Waals surface area contributed by atoms with Gasteiger partial charge < -0.3 is 14.3 Å². The SMILES string of the molecule is c1ccc(C2N=C(c3ccc4c(c3)oc3c(-c5ccc6c(c5)c5ccccc5n6-c5ccccc5)cccc34)N=C(n3c4ccccc4c4ccccc43)N2)cc1. The van der Waals surface area contributed by atoms with Crippen molar-refractivity contribution in [3.05, 3.63) is 199 Å². The van der Waals surface area contributed by atoms with Gasteiger partial charge in [-0.25, -0.2) is 4.99 Å². The lowest BCUT2D eigenvalue weighted by Crippen LogP contribution is -2.37. The van der Waals surface area contributed by atoms with Gasteiger partial charge in [-0.15, -0.1) is 0 Å². The van der Waals surface area contributed by atoms with Gasteiger partial charge in [0.25, 0.3) is 0 Å². The Kier molecular flexibility index (Phi) is 6.89. The van der Waals surface area contributed by atoms with Crippen LogP contribution in [0, 0.1) is 0 Å². The Morgan fingerprint density at radius 1 is 0.456 bits per heavy atom. The fraction of sp³-hybridized carbons (Fsp3) is 0.0196. The minimum Gasteiger partial charge on any atom is -0.455 e. The maximum absolute atomic E-state index is 6.84. The fourth-order valence-electron chi connectivity index (χ4n) is 8.80. The Balaban J connectivity index is 1.01. The molecule has 1 N–H and O–H groups in total. The van der Waals surface area contributed by atoms with E-state index in [9.17, 15) is 0 Å². The van der Waals surface area contributed by atoms with Gasteiger partial charge in [0.05, 0.1) is 22.1 Å². The molecule has 1 aliphatic rings. The molecule has 57 heavy (non-hydrogen) atoms. The Labute approximate surface area is 327 Å². The lowest BCUT2D eigenvalue weighted by atomic mass is 10.00. The number of benzene rings is 8. The Morgan fingerprint density at radius 3 is 1.79 bits per heavy atom. The van der Waals surface area contributed by atoms with Gasteiger partial charge in [0.15, 0.2) is 5.84 Å². The van der Waals surface area contributed by atoms with Crippen molar-refractivity contribution in [2.75, 3.05) is 0 Å². The summed E-state index contributed by atoms with van der Waals surface area (Å²) >= 11 is 0. The minimum atomic E-state index is -0.339. The van der Waals surface area contributed by atoms with Crippen LogP contribution >= 0.6 is 0 Å². The number of hydrogen-bond acceptors (Lipinski definition) is 4. The lowest BCUT2D eigenvalue weighted by molar-refractivity contribution is 0.660. The summed E-state index contributed by atoms with van der Waals surface area (Å²) in [5.74, 6) is 1.37. The van der Waals surface area contributed by atoms with Crippen LogP contribution in [0.25, 0.3) is 82.4 Å². The first-order chi connectivity index (χ1) is 28.3. The predicted molar refractivity (Wildman–Crippen MR) is 235 cm³/mol. The fourth-order valence-corrected chi connectivity index (χ4v) is 8.80. The van der Waals surface area contributed by atoms with E-state index >= 15 is 0 Å². The van der Waals surface area contributed by atoms with Crippen molar-refractivity contribution in [2.45, 2.75) is 6.17 Å². The topological polar surface area (TPSA) is 59.8 Å². The van der Waals surface area contributed by atoms with E-state index in [-0.39, 0.29) is 6.17 Å². The summed E-state index contributed by atoms with van der Waals surface area (Å²) < 4.78 is 11.4. The van der Waals surface area contributed by atoms with E-state index in [1.807, 2.05) is 6.07 Å². The van der Waals surface area contributed by atoms with E-state index in [0.717, 1.165) is 66.9 Å². The van der Waals surface area contributed by atoms with Gasteiger partial charge in [0.1, 0.15) is 17.3 Å². The average molecular weight is 732 g/mol. The molecule has 8 aromatic carbocycles. The number of fused-ring (bicyclic) bond motifs is 9. The first-order valence-electron chi connectivity index (χ1n) is 19.3. The number of aromatic nitrogens is 2. The standard InChI is InChI=1S/C51H33N5O/c1-3-14-32(15-4-1)49-52-50(54-51(53-49)56-44-24-11-7-18-37(44)38-19-8-12-25-45(38)56)34-26-28-40-41-22-13-21-36(48(41)57-47(40)31-34)33-27-29-46-42(30-33)39-20-9-10-23-43(39)55(46)35-16-5-2-6-17-35/h1-31,49H,(H,52,53,54). The van der Waals surface area contributed by atoms with Crippen molar-refractivity contribution < 1.29 is 4.42 Å². The van der Waals surface area contributed by atoms with Crippen LogP contribution in [-0.4, -0.2) is 20.9 Å². The Hall–Kier alpha value is -7.70. The van der Waals surface area contributed by atoms with Crippen molar-refractivity contribution in [3.8, 4) is 16.8 Å². The molecule has 0 saturated heterocycles. The van der Waals surface area contributed by atoms with Crippen LogP contribution in [0.2, 0.25) is 0 Å². The average Bonchev–Trinajstić information content (AvgIpc) is 3.94. The zero-order chi connectivity index (χ0) is 37.5. The zero-order valence-corrected chi connectivity index (χ0v) is 30.7. The molecule has 12 rings (SSSR count). The first-order valence-corrected chi connectivity index (χ1v) is 19.3. The molecule has 11 aromatic rings. The van der Waals surface area contributed by atoms with Gasteiger partial charge in [-0.05, 0) is 65.7 Å². The first kappa shape index (κ1) is 31.6. The van der Waals surface area contributed by atoms with E-state index < -0.39 is 0 Å². The molecule has 3 aromatic heterocycles. The van der Waals surface area contributed by atoms with Crippen LogP contribution in [0.4, 0.5) is 0 Å². The smallest absolute Gasteiger partial charge is 0.211 e. The molecule has 1 unspecified atom stereocenters. The maximum atomic E-state index is 6.84. The zero-order valence-electron chi connectivity index (χ0n) is 30.7. The highest BCUT2D eigenvalue weighted by Crippen LogP contribution is 2.40. The summed E-state index contributed by atoms with van der Waals surface area (Å²) in [7, 11) is 0. The number of hydrogen-bond donors (Lipinski definition) is 1. The number of nitrogens with zero attached hydrogens (tertiary/aromatic N) is 4. The highest BCUT2D eigenvalue weighted by molar-refractivity contribution is 6.18. The van der Waals surface area contributed by atoms with Crippen LogP contribution in [0.5, 0.6) is 0 Å². The van der Waals surface area contributed by atoms with Gasteiger partial charge in [0, 0.05) is 49.1 Å². The van der Waals surface area contributed by atoms with Crippen LogP contribution in [-0.2, 0) is 0 Å². The molecule has 0 aliphatic carbocycles. The van der Waals surface area contributed by atoms with Crippen LogP contribution < -0.4 is 5.32 Å². The molecule has 6 nitrogen and oxygen atoms in total. The monoisotopic (exact) mass is 731 g/mol. The molecule has 0 amide bonds. The molecule has 1 atom stereocenters. The van der Waals surface area contributed by atoms with Gasteiger partial charge in [0.2, 0.25) is 5.96 Å². The van der Waals surface area contributed by atoms with E-state index in [2.05, 4.69) is 196 Å². The molecular formula is C51H33N5O. The Morgan fingerprint density at radius 2 is 1.05 bits per heavy atom. The Bertz CT molecular complexity index is 3390. The lowest BCUT2D eigenvalue weighted by Gasteiger charge is -2.24. The summed E-state index contributed by atoms with van der Waals surface area (Å²) in [6, 6.07) is 66.1. The second-order valence-electron chi connectivity index (χ2n) is 14.6. The number of rotatable bonds is 4. The molecule has 6 heteroatoms. The summed E-state index contributed by atoms with van der Waals surface area (Å²) in [6.45, 7) is 0. The summed E-state index contributed by atoms with van der Waals surface area (Å²) in [5, 5.41) is 10.6. The summed E-state index contributed by atoms with van der Waals surface area (Å²) in [6.07, 6.45) is -0.339. The third-order valence-corrected chi connectivity index (χ3v) is 11.4. The van der Waals surface area contributed by atoms with Crippen molar-refractivity contribution in [2.24, 2.45) is 9.98 Å². The van der Waals surface area contributed by atoms with Gasteiger partial charge >= 0.3 is 0 Å². The number of aliphatic imine (C=N–C) groups is 2. The van der Waals surface area contributed by atoms with Gasteiger partial charge in [-0.3, -0.25) is 4.57 Å². The highest BCUT2D eigenvalue weighted by atomic mass is 16.3. The summed E-state index contributed by atoms with van der Waals surface area (Å²) in [4.78, 5) is 10.5. The second-order valence-corrected chi connectivity index (χ2v) is 14.6. The van der Waals surface area contributed by atoms with Crippen molar-refractivity contribution in [3.63, 3.8) is 0 Å². The minimum absolute atomic E-state index is 0.339. The van der Waals surface area contributed by atoms with Gasteiger partial charge in [-0.1, -0.05) is 133 Å². The molecular weight excluding hydrogens is 699 g/mol. The van der Waals surface area contributed by atoms with Crippen molar-refractivity contribution >= 4 is 77.3 Å². The quantitative estimate of drug-likeness (QED) is 0.196. The van der Waals surface area contributed by atoms with E-state index in [4.69, 9.17) is 14.4 Å². The number of amidine groups is 1. The summed E-state index contributed by atoms with van der Waals surface area (Å²) in [5.41, 5.74) is 11.4. The number of para-hydroxylation sites is 5. The largest absolute Gasteiger partial charge is 0.455 e. The van der Waals surface area contributed by atoms with Crippen LogP contribution in [0.15, 0.2) is 202 Å². The molecule has 4 heterocycles. The van der Waals surface area contributed by atoms with Crippen LogP contribution in [0.1, 0.15) is 17.3 Å². The van der Waals surface area contributed by atoms with Crippen molar-refractivity contribution in [1.29, 1.82) is 0 Å². The maximum Gasteiger partial charge on any atom is 0.211 e. The molecule has 268 valence electrons. The molecule has 1 aliphatic heterocycles. The molecule has 0 saturated carbocycles. The normalized spacial score (nSPS) is 14.5. The van der Waals surface area contributed by atoms with E-state index in [1.165, 1.54) is 32.6 Å². The van der Waals surface area contributed by atoms with E-state index in [0.29, 0.717) is 5.84 Å². The molecule has 0 bridgehead atoms. The van der Waals surface area contributed by atoms with Gasteiger partial charge in [-0.2, -0.15) is 4.99 Å². The number of furan rings is 1. The highest BCUT2D eigenvalue weighted by Gasteiger charge is 2.25. The predicted octanol–water partition coefficient (Wildman–Crippen LogP) is 12.4.